The highest BCUT2D eigenvalue weighted by atomic mass is 16.5. The van der Waals surface area contributed by atoms with Gasteiger partial charge in [-0.15, -0.1) is 0 Å². The van der Waals surface area contributed by atoms with Crippen LogP contribution in [0.25, 0.3) is 27.8 Å². The number of benzene rings is 1. The maximum absolute atomic E-state index is 9.70. The Labute approximate surface area is 232 Å². The molecule has 0 saturated carbocycles. The Morgan fingerprint density at radius 3 is 2.40 bits per heavy atom. The summed E-state index contributed by atoms with van der Waals surface area (Å²) in [4.78, 5) is 9.48. The molecule has 1 aliphatic heterocycles. The fraction of sp³-hybridized carbons (Fsp3) is 0.226. The second-order valence-corrected chi connectivity index (χ2v) is 9.71. The van der Waals surface area contributed by atoms with Gasteiger partial charge in [0.15, 0.2) is 0 Å². The van der Waals surface area contributed by atoms with Gasteiger partial charge in [-0.2, -0.15) is 15.5 Å². The average Bonchev–Trinajstić information content (AvgIpc) is 3.63. The smallest absolute Gasteiger partial charge is 0.128 e. The van der Waals surface area contributed by atoms with E-state index in [4.69, 9.17) is 9.72 Å². The Hall–Kier alpha value is -5.12. The minimum atomic E-state index is 0.531. The molecule has 0 atom stereocenters. The van der Waals surface area contributed by atoms with Gasteiger partial charge in [0, 0.05) is 79.6 Å². The molecule has 5 heterocycles. The molecule has 1 aliphatic rings. The van der Waals surface area contributed by atoms with Crippen LogP contribution >= 0.6 is 0 Å². The zero-order valence-electron chi connectivity index (χ0n) is 22.4. The fourth-order valence-corrected chi connectivity index (χ4v) is 4.95. The van der Waals surface area contributed by atoms with Crippen molar-refractivity contribution in [2.45, 2.75) is 0 Å². The van der Waals surface area contributed by atoms with Crippen LogP contribution in [-0.4, -0.2) is 69.1 Å². The van der Waals surface area contributed by atoms with Crippen molar-refractivity contribution >= 4 is 11.3 Å². The average molecular weight is 529 g/mol. The summed E-state index contributed by atoms with van der Waals surface area (Å²) in [5.41, 5.74) is 6.09. The number of aryl methyl sites for hydroxylation is 1. The molecule has 0 aliphatic carbocycles. The molecule has 9 nitrogen and oxygen atoms in total. The molecule has 1 saturated heterocycles. The summed E-state index contributed by atoms with van der Waals surface area (Å²) < 4.78 is 8.74. The summed E-state index contributed by atoms with van der Waals surface area (Å²) in [6.45, 7) is 4.37. The van der Waals surface area contributed by atoms with Gasteiger partial charge in [0.1, 0.15) is 17.6 Å². The van der Waals surface area contributed by atoms with E-state index in [1.54, 1.807) is 22.5 Å². The van der Waals surface area contributed by atoms with Gasteiger partial charge in [-0.05, 0) is 42.5 Å². The molecule has 0 spiro atoms. The van der Waals surface area contributed by atoms with Crippen LogP contribution in [0, 0.1) is 23.2 Å². The van der Waals surface area contributed by atoms with E-state index in [9.17, 15) is 5.26 Å². The topological polar surface area (TPSA) is 87.5 Å². The number of rotatable bonds is 5. The van der Waals surface area contributed by atoms with Crippen LogP contribution in [0.4, 0.5) is 5.82 Å². The molecule has 1 aromatic carbocycles. The number of aromatic nitrogens is 5. The lowest BCUT2D eigenvalue weighted by molar-refractivity contribution is 0.287. The number of hydrogen-bond donors (Lipinski definition) is 0. The highest BCUT2D eigenvalue weighted by Crippen LogP contribution is 2.32. The lowest BCUT2D eigenvalue weighted by Gasteiger charge is -2.34. The Balaban J connectivity index is 1.16. The number of piperazine rings is 1. The predicted molar refractivity (Wildman–Crippen MR) is 154 cm³/mol. The number of pyridine rings is 2. The Bertz CT molecular complexity index is 1740. The monoisotopic (exact) mass is 528 g/mol. The van der Waals surface area contributed by atoms with Gasteiger partial charge < -0.3 is 9.64 Å². The molecule has 0 radical (unpaired) electrons. The van der Waals surface area contributed by atoms with Crippen molar-refractivity contribution in [2.75, 3.05) is 44.7 Å². The highest BCUT2D eigenvalue weighted by molar-refractivity contribution is 5.87. The number of hydrogen-bond acceptors (Lipinski definition) is 7. The van der Waals surface area contributed by atoms with Crippen molar-refractivity contribution < 1.29 is 4.74 Å². The molecular weight excluding hydrogens is 500 g/mol. The molecule has 6 rings (SSSR count). The SMILES string of the molecule is COc1ccc(C#CCN2CCN(c3ccc(-c4cc(-c5cnn(C)c5)cn5ncc(C#N)c45)cn3)CC2)cc1. The quantitative estimate of drug-likeness (QED) is 0.320. The largest absolute Gasteiger partial charge is 0.497 e. The van der Waals surface area contributed by atoms with E-state index in [-0.39, 0.29) is 0 Å². The summed E-state index contributed by atoms with van der Waals surface area (Å²) in [5, 5.41) is 18.4. The number of nitrogens with zero attached hydrogens (tertiary/aromatic N) is 8. The van der Waals surface area contributed by atoms with Crippen LogP contribution in [0.2, 0.25) is 0 Å². The van der Waals surface area contributed by atoms with E-state index in [1.807, 2.05) is 56.1 Å². The van der Waals surface area contributed by atoms with Gasteiger partial charge in [0.2, 0.25) is 0 Å². The summed E-state index contributed by atoms with van der Waals surface area (Å²) in [6.07, 6.45) is 9.21. The zero-order valence-corrected chi connectivity index (χ0v) is 22.4. The Morgan fingerprint density at radius 2 is 1.73 bits per heavy atom. The minimum absolute atomic E-state index is 0.531. The van der Waals surface area contributed by atoms with E-state index in [1.165, 1.54) is 0 Å². The molecule has 9 heteroatoms. The first-order chi connectivity index (χ1) is 19.6. The Morgan fingerprint density at radius 1 is 0.900 bits per heavy atom. The van der Waals surface area contributed by atoms with Gasteiger partial charge in [-0.1, -0.05) is 11.8 Å². The Kier molecular flexibility index (Phi) is 6.88. The molecule has 0 amide bonds. The van der Waals surface area contributed by atoms with Crippen molar-refractivity contribution in [3.05, 3.63) is 84.6 Å². The molecule has 0 bridgehead atoms. The number of methoxy groups -OCH3 is 1. The maximum Gasteiger partial charge on any atom is 0.128 e. The third kappa shape index (κ3) is 5.11. The molecule has 40 heavy (non-hydrogen) atoms. The second kappa shape index (κ2) is 10.9. The van der Waals surface area contributed by atoms with Crippen molar-refractivity contribution in [1.29, 1.82) is 5.26 Å². The first-order valence-electron chi connectivity index (χ1n) is 13.1. The number of anilines is 1. The van der Waals surface area contributed by atoms with Crippen LogP contribution in [-0.2, 0) is 7.05 Å². The van der Waals surface area contributed by atoms with Gasteiger partial charge in [-0.3, -0.25) is 9.58 Å². The molecule has 198 valence electrons. The second-order valence-electron chi connectivity index (χ2n) is 9.71. The lowest BCUT2D eigenvalue weighted by atomic mass is 10.0. The first kappa shape index (κ1) is 25.2. The molecular formula is C31H28N8O. The highest BCUT2D eigenvalue weighted by Gasteiger charge is 2.19. The molecule has 0 N–H and O–H groups in total. The third-order valence-corrected chi connectivity index (χ3v) is 7.15. The standard InChI is InChI=1S/C31H28N8O/c1-36-21-27(20-34-36)25-16-29(31-26(17-32)19-35-39(31)22-25)24-7-10-30(33-18-24)38-14-12-37(13-15-38)11-3-4-23-5-8-28(40-2)9-6-23/h5-10,16,18-22H,11-15H2,1-2H3. The molecule has 0 unspecified atom stereocenters. The van der Waals surface area contributed by atoms with E-state index >= 15 is 0 Å². The van der Waals surface area contributed by atoms with Crippen molar-refractivity contribution in [2.24, 2.45) is 7.05 Å². The molecule has 5 aromatic rings. The van der Waals surface area contributed by atoms with Crippen LogP contribution < -0.4 is 9.64 Å². The third-order valence-electron chi connectivity index (χ3n) is 7.15. The van der Waals surface area contributed by atoms with E-state index < -0.39 is 0 Å². The summed E-state index contributed by atoms with van der Waals surface area (Å²) in [5.74, 6) is 8.31. The summed E-state index contributed by atoms with van der Waals surface area (Å²) >= 11 is 0. The van der Waals surface area contributed by atoms with Crippen molar-refractivity contribution in [3.8, 4) is 45.9 Å². The minimum Gasteiger partial charge on any atom is -0.497 e. The van der Waals surface area contributed by atoms with Crippen molar-refractivity contribution in [1.82, 2.24) is 29.3 Å². The number of fused-ring (bicyclic) bond motifs is 1. The molecule has 1 fully saturated rings. The number of nitriles is 1. The van der Waals surface area contributed by atoms with Crippen molar-refractivity contribution in [3.63, 3.8) is 0 Å². The lowest BCUT2D eigenvalue weighted by Crippen LogP contribution is -2.46. The first-order valence-corrected chi connectivity index (χ1v) is 13.1. The summed E-state index contributed by atoms with van der Waals surface area (Å²) in [6, 6.07) is 16.3. The predicted octanol–water partition coefficient (Wildman–Crippen LogP) is 3.85. The van der Waals surface area contributed by atoms with Crippen LogP contribution in [0.15, 0.2) is 73.4 Å². The maximum atomic E-state index is 9.70. The van der Waals surface area contributed by atoms with Gasteiger partial charge in [-0.25, -0.2) is 9.50 Å². The van der Waals surface area contributed by atoms with Gasteiger partial charge in [0.05, 0.1) is 37.1 Å². The van der Waals surface area contributed by atoms with E-state index in [0.29, 0.717) is 5.56 Å². The van der Waals surface area contributed by atoms with Gasteiger partial charge >= 0.3 is 0 Å². The molecule has 4 aromatic heterocycles. The van der Waals surface area contributed by atoms with E-state index in [2.05, 4.69) is 56.1 Å². The number of ether oxygens (including phenoxy) is 1. The van der Waals surface area contributed by atoms with Crippen LogP contribution in [0.5, 0.6) is 5.75 Å². The fourth-order valence-electron chi connectivity index (χ4n) is 4.95. The zero-order chi connectivity index (χ0) is 27.5. The van der Waals surface area contributed by atoms with Crippen LogP contribution in [0.3, 0.4) is 0 Å². The summed E-state index contributed by atoms with van der Waals surface area (Å²) in [7, 11) is 3.56. The van der Waals surface area contributed by atoms with E-state index in [0.717, 1.165) is 77.6 Å². The van der Waals surface area contributed by atoms with Gasteiger partial charge in [0.25, 0.3) is 0 Å². The normalized spacial score (nSPS) is 13.6. The van der Waals surface area contributed by atoms with Crippen LogP contribution in [0.1, 0.15) is 11.1 Å².